The molecule has 6 heteroatoms. The van der Waals surface area contributed by atoms with Gasteiger partial charge in [-0.3, -0.25) is 4.79 Å². The van der Waals surface area contributed by atoms with Crippen molar-refractivity contribution >= 4 is 16.8 Å². The van der Waals surface area contributed by atoms with Crippen molar-refractivity contribution in [3.63, 3.8) is 0 Å². The first kappa shape index (κ1) is 19.8. The third-order valence-corrected chi connectivity index (χ3v) is 5.09. The van der Waals surface area contributed by atoms with E-state index in [1.807, 2.05) is 49.5 Å². The molecule has 1 heterocycles. The Morgan fingerprint density at radius 3 is 2.61 bits per heavy atom. The van der Waals surface area contributed by atoms with Crippen LogP contribution in [0.2, 0.25) is 0 Å². The van der Waals surface area contributed by atoms with E-state index in [9.17, 15) is 4.79 Å². The molecule has 0 bridgehead atoms. The van der Waals surface area contributed by atoms with Gasteiger partial charge < -0.3 is 25.5 Å². The van der Waals surface area contributed by atoms with Crippen LogP contribution in [-0.4, -0.2) is 38.2 Å². The van der Waals surface area contributed by atoms with E-state index in [4.69, 9.17) is 15.2 Å². The molecule has 1 aromatic heterocycles. The van der Waals surface area contributed by atoms with E-state index in [0.717, 1.165) is 22.0 Å². The Morgan fingerprint density at radius 2 is 1.89 bits per heavy atom. The van der Waals surface area contributed by atoms with E-state index in [0.29, 0.717) is 24.6 Å². The number of methoxy groups -OCH3 is 2. The summed E-state index contributed by atoms with van der Waals surface area (Å²) in [5.41, 5.74) is 8.73. The number of ether oxygens (including phenoxy) is 2. The molecule has 0 spiro atoms. The number of benzene rings is 2. The number of amides is 1. The molecule has 0 radical (unpaired) electrons. The molecule has 2 aromatic carbocycles. The molecule has 4 N–H and O–H groups in total. The van der Waals surface area contributed by atoms with Crippen LogP contribution in [0.15, 0.2) is 48.7 Å². The molecule has 148 valence electrons. The van der Waals surface area contributed by atoms with E-state index in [1.54, 1.807) is 14.2 Å². The summed E-state index contributed by atoms with van der Waals surface area (Å²) in [6.45, 7) is 2.56. The maximum atomic E-state index is 12.4. The molecule has 0 fully saturated rings. The Labute approximate surface area is 165 Å². The Kier molecular flexibility index (Phi) is 6.21. The number of rotatable bonds is 8. The SMILES string of the molecule is COc1cccc(C(CNC(=O)C(C)CN)c2c[nH]c3ccccc23)c1OC. The molecule has 6 nitrogen and oxygen atoms in total. The van der Waals surface area contributed by atoms with Gasteiger partial charge in [0.15, 0.2) is 11.5 Å². The minimum Gasteiger partial charge on any atom is -0.493 e. The monoisotopic (exact) mass is 381 g/mol. The first-order valence-electron chi connectivity index (χ1n) is 9.35. The van der Waals surface area contributed by atoms with Gasteiger partial charge in [0, 0.05) is 47.6 Å². The van der Waals surface area contributed by atoms with Crippen LogP contribution in [0.4, 0.5) is 0 Å². The summed E-state index contributed by atoms with van der Waals surface area (Å²) in [6, 6.07) is 13.9. The lowest BCUT2D eigenvalue weighted by atomic mass is 9.89. The average molecular weight is 381 g/mol. The topological polar surface area (TPSA) is 89.4 Å². The van der Waals surface area contributed by atoms with Crippen LogP contribution in [-0.2, 0) is 4.79 Å². The largest absolute Gasteiger partial charge is 0.493 e. The normalized spacial score (nSPS) is 13.1. The van der Waals surface area contributed by atoms with Crippen LogP contribution in [0.25, 0.3) is 10.9 Å². The summed E-state index contributed by atoms with van der Waals surface area (Å²) in [5.74, 6) is 0.910. The van der Waals surface area contributed by atoms with Crippen molar-refractivity contribution < 1.29 is 14.3 Å². The number of hydrogen-bond acceptors (Lipinski definition) is 4. The number of para-hydroxylation sites is 2. The molecule has 0 saturated heterocycles. The van der Waals surface area contributed by atoms with Gasteiger partial charge in [-0.05, 0) is 17.7 Å². The smallest absolute Gasteiger partial charge is 0.224 e. The summed E-state index contributed by atoms with van der Waals surface area (Å²) in [4.78, 5) is 15.7. The molecule has 2 atom stereocenters. The van der Waals surface area contributed by atoms with Crippen LogP contribution in [0.1, 0.15) is 24.0 Å². The first-order valence-corrected chi connectivity index (χ1v) is 9.35. The van der Waals surface area contributed by atoms with Crippen molar-refractivity contribution in [2.75, 3.05) is 27.3 Å². The average Bonchev–Trinajstić information content (AvgIpc) is 3.16. The van der Waals surface area contributed by atoms with Crippen LogP contribution < -0.4 is 20.5 Å². The highest BCUT2D eigenvalue weighted by molar-refractivity contribution is 5.85. The summed E-state index contributed by atoms with van der Waals surface area (Å²) >= 11 is 0. The fourth-order valence-corrected chi connectivity index (χ4v) is 3.44. The van der Waals surface area contributed by atoms with Crippen molar-refractivity contribution in [3.8, 4) is 11.5 Å². The zero-order valence-corrected chi connectivity index (χ0v) is 16.5. The van der Waals surface area contributed by atoms with Crippen LogP contribution in [0.3, 0.4) is 0 Å². The van der Waals surface area contributed by atoms with Crippen molar-refractivity contribution in [1.29, 1.82) is 0 Å². The second-order valence-electron chi connectivity index (χ2n) is 6.81. The Bertz CT molecular complexity index is 951. The van der Waals surface area contributed by atoms with Gasteiger partial charge in [-0.1, -0.05) is 37.3 Å². The Morgan fingerprint density at radius 1 is 1.11 bits per heavy atom. The molecule has 0 saturated carbocycles. The number of nitrogens with one attached hydrogen (secondary N) is 2. The fraction of sp³-hybridized carbons (Fsp3) is 0.318. The predicted octanol–water partition coefficient (Wildman–Crippen LogP) is 3.03. The molecule has 3 rings (SSSR count). The summed E-state index contributed by atoms with van der Waals surface area (Å²) < 4.78 is 11.1. The molecule has 0 aliphatic carbocycles. The lowest BCUT2D eigenvalue weighted by molar-refractivity contribution is -0.124. The van der Waals surface area contributed by atoms with Crippen LogP contribution in [0.5, 0.6) is 11.5 Å². The number of carbonyl (C=O) groups is 1. The summed E-state index contributed by atoms with van der Waals surface area (Å²) in [7, 11) is 3.25. The van der Waals surface area contributed by atoms with E-state index < -0.39 is 0 Å². The number of carbonyl (C=O) groups excluding carboxylic acids is 1. The molecule has 2 unspecified atom stereocenters. The van der Waals surface area contributed by atoms with Crippen molar-refractivity contribution in [1.82, 2.24) is 10.3 Å². The lowest BCUT2D eigenvalue weighted by Gasteiger charge is -2.22. The molecule has 1 amide bonds. The van der Waals surface area contributed by atoms with Crippen LogP contribution in [0, 0.1) is 5.92 Å². The van der Waals surface area contributed by atoms with Gasteiger partial charge >= 0.3 is 0 Å². The molecule has 3 aromatic rings. The number of nitrogens with two attached hydrogens (primary N) is 1. The highest BCUT2D eigenvalue weighted by atomic mass is 16.5. The van der Waals surface area contributed by atoms with Gasteiger partial charge in [0.25, 0.3) is 0 Å². The predicted molar refractivity (Wildman–Crippen MR) is 111 cm³/mol. The highest BCUT2D eigenvalue weighted by Crippen LogP contribution is 2.40. The third kappa shape index (κ3) is 3.82. The summed E-state index contributed by atoms with van der Waals surface area (Å²) in [6.07, 6.45) is 1.99. The van der Waals surface area contributed by atoms with Crippen LogP contribution >= 0.6 is 0 Å². The zero-order valence-electron chi connectivity index (χ0n) is 16.5. The minimum absolute atomic E-state index is 0.0609. The van der Waals surface area contributed by atoms with Gasteiger partial charge in [0.05, 0.1) is 14.2 Å². The maximum Gasteiger partial charge on any atom is 0.224 e. The van der Waals surface area contributed by atoms with E-state index in [2.05, 4.69) is 16.4 Å². The number of H-pyrrole nitrogens is 1. The van der Waals surface area contributed by atoms with Gasteiger partial charge in [-0.2, -0.15) is 0 Å². The Hall–Kier alpha value is -2.99. The van der Waals surface area contributed by atoms with Gasteiger partial charge in [-0.15, -0.1) is 0 Å². The van der Waals surface area contributed by atoms with E-state index >= 15 is 0 Å². The fourth-order valence-electron chi connectivity index (χ4n) is 3.44. The number of aromatic nitrogens is 1. The number of fused-ring (bicyclic) bond motifs is 1. The maximum absolute atomic E-state index is 12.4. The molecule has 0 aliphatic rings. The minimum atomic E-state index is -0.240. The quantitative estimate of drug-likeness (QED) is 0.559. The first-order chi connectivity index (χ1) is 13.6. The van der Waals surface area contributed by atoms with Gasteiger partial charge in [0.2, 0.25) is 5.91 Å². The molecule has 0 aliphatic heterocycles. The van der Waals surface area contributed by atoms with Gasteiger partial charge in [-0.25, -0.2) is 0 Å². The van der Waals surface area contributed by atoms with Crippen molar-refractivity contribution in [2.24, 2.45) is 11.7 Å². The number of hydrogen-bond donors (Lipinski definition) is 3. The molecule has 28 heavy (non-hydrogen) atoms. The number of aromatic amines is 1. The lowest BCUT2D eigenvalue weighted by Crippen LogP contribution is -2.36. The van der Waals surface area contributed by atoms with E-state index in [1.165, 1.54) is 0 Å². The Balaban J connectivity index is 2.06. The second-order valence-corrected chi connectivity index (χ2v) is 6.81. The standard InChI is InChI=1S/C22H27N3O3/c1-14(11-23)22(26)25-13-18(16-8-6-10-20(27-2)21(16)28-3)17-12-24-19-9-5-4-7-15(17)19/h4-10,12,14,18,24H,11,13,23H2,1-3H3,(H,25,26). The van der Waals surface area contributed by atoms with Crippen molar-refractivity contribution in [3.05, 3.63) is 59.8 Å². The molecular weight excluding hydrogens is 354 g/mol. The molecular formula is C22H27N3O3. The highest BCUT2D eigenvalue weighted by Gasteiger charge is 2.24. The second kappa shape index (κ2) is 8.80. The summed E-state index contributed by atoms with van der Waals surface area (Å²) in [5, 5.41) is 4.15. The van der Waals surface area contributed by atoms with Gasteiger partial charge in [0.1, 0.15) is 0 Å². The third-order valence-electron chi connectivity index (χ3n) is 5.09. The zero-order chi connectivity index (χ0) is 20.1. The van der Waals surface area contributed by atoms with Crippen molar-refractivity contribution in [2.45, 2.75) is 12.8 Å². The van der Waals surface area contributed by atoms with E-state index in [-0.39, 0.29) is 17.7 Å².